The molecule has 119 heavy (non-hydrogen) atoms. The number of aliphatic hydroxyl groups is 2. The van der Waals surface area contributed by atoms with Crippen LogP contribution in [0.5, 0.6) is 0 Å². The van der Waals surface area contributed by atoms with Crippen LogP contribution in [0.1, 0.15) is 182 Å². The number of hydrogen-bond donors (Lipinski definition) is 6. The highest BCUT2D eigenvalue weighted by molar-refractivity contribution is 7.90. The lowest BCUT2D eigenvalue weighted by Crippen LogP contribution is -2.41. The molecule has 1 atom stereocenters. The first-order valence-corrected chi connectivity index (χ1v) is 43.4. The highest BCUT2D eigenvalue weighted by Crippen LogP contribution is 2.25. The number of hydrogen-bond acceptors (Lipinski definition) is 17. The van der Waals surface area contributed by atoms with E-state index < -0.39 is 31.7 Å². The number of β-amino-alcohol motifs (C(OH)–C–C–N with tert-alkyl or cyclic N) is 1. The van der Waals surface area contributed by atoms with E-state index in [4.69, 9.17) is 19.7 Å². The number of benzene rings is 8. The molecule has 1 unspecified atom stereocenters. The first-order chi connectivity index (χ1) is 56.9. The molecular formula is C91H116FN9O16S2. The van der Waals surface area contributed by atoms with E-state index in [-0.39, 0.29) is 69.0 Å². The molecule has 9 aromatic rings. The van der Waals surface area contributed by atoms with Crippen LogP contribution in [-0.4, -0.2) is 191 Å². The number of nitrogens with zero attached hydrogens (tertiary/aromatic N) is 5. The predicted molar refractivity (Wildman–Crippen MR) is 460 cm³/mol. The Morgan fingerprint density at radius 3 is 1.38 bits per heavy atom. The highest BCUT2D eigenvalue weighted by Gasteiger charge is 2.33. The third kappa shape index (κ3) is 31.4. The number of morpholine rings is 2. The second-order valence-corrected chi connectivity index (χ2v) is 31.8. The molecule has 0 bridgehead atoms. The van der Waals surface area contributed by atoms with Gasteiger partial charge in [0.05, 0.1) is 55.2 Å². The molecule has 0 spiro atoms. The standard InChI is InChI=1S/C13H18N2O4S.2C13H17NO2.C13H19NO.C12H17NO2.C10H10N2O2.C9H9NO3S.C8H9F/c1-2-10-3-4-12(20(14,17)18)11(9-10)13(16)15-5-7-19-8-6-15;1-2-11-3-5-12(6-4-11)13(15)14-7-9-16-10-8-14;1-2-10-3-5-11(6-4-10)13(16)14-8-7-12(15)9-14;1-4-11-5-7-12(8-6-11)13(15)14-9-10(2)3;1-3-10-4-6-11(7-5-10)12(15)13(2)8-9-14;1-2-7-3-5-8(6-4-7)9-11-10(13)14-12-9;1-2-6-3-4-8-7(5-6)9(11)10-14(8,12)13;1-2-7-3-5-8(9)6-4-7/h3-4,9H,2,5-8H2,1H3,(H2,14,17,18);3-6H,2,7-10H2,1H3;3-6,12,15H,2,7-9H2,1H3;5-8,10H,4,9H2,1-3H3,(H,14,15);4-7,14H,3,8-9H2,1-2H3;3-6H,2H2,1H3,(H,11,12,13);3-5H,2H2,1H3,(H,10,11);3-6H,2H2,1H3. The van der Waals surface area contributed by atoms with Crippen molar-refractivity contribution in [3.8, 4) is 11.4 Å². The van der Waals surface area contributed by atoms with Crippen LogP contribution >= 0.6 is 0 Å². The van der Waals surface area contributed by atoms with E-state index in [2.05, 4.69) is 68.4 Å². The van der Waals surface area contributed by atoms with Gasteiger partial charge < -0.3 is 44.6 Å². The van der Waals surface area contributed by atoms with Gasteiger partial charge in [-0.1, -0.05) is 171 Å². The minimum atomic E-state index is -3.92. The average molecular weight is 1680 g/mol. The number of nitrogens with two attached hydrogens (primary N) is 1. The fourth-order valence-corrected chi connectivity index (χ4v) is 13.9. The van der Waals surface area contributed by atoms with Gasteiger partial charge in [-0.15, -0.1) is 0 Å². The molecule has 8 aromatic carbocycles. The molecule has 0 aliphatic carbocycles. The van der Waals surface area contributed by atoms with Gasteiger partial charge in [-0.2, -0.15) is 0 Å². The summed E-state index contributed by atoms with van der Waals surface area (Å²) < 4.78 is 74.9. The lowest BCUT2D eigenvalue weighted by molar-refractivity contribution is 0.0299. The van der Waals surface area contributed by atoms with Crippen LogP contribution in [0.15, 0.2) is 201 Å². The first-order valence-electron chi connectivity index (χ1n) is 40.4. The number of fused-ring (bicyclic) bond motifs is 1. The summed E-state index contributed by atoms with van der Waals surface area (Å²) in [5, 5.41) is 29.8. The van der Waals surface area contributed by atoms with Crippen molar-refractivity contribution in [2.75, 3.05) is 92.4 Å². The van der Waals surface area contributed by atoms with Crippen molar-refractivity contribution in [1.82, 2.24) is 39.8 Å². The Morgan fingerprint density at radius 2 is 0.966 bits per heavy atom. The second-order valence-electron chi connectivity index (χ2n) is 28.6. The van der Waals surface area contributed by atoms with Crippen molar-refractivity contribution in [3.05, 3.63) is 276 Å². The quantitative estimate of drug-likeness (QED) is 0.0438. The van der Waals surface area contributed by atoms with Crippen molar-refractivity contribution in [2.45, 2.75) is 143 Å². The highest BCUT2D eigenvalue weighted by atomic mass is 32.2. The molecule has 0 saturated carbocycles. The van der Waals surface area contributed by atoms with E-state index in [1.54, 1.807) is 53.2 Å². The van der Waals surface area contributed by atoms with E-state index in [9.17, 15) is 59.9 Å². The van der Waals surface area contributed by atoms with Gasteiger partial charge >= 0.3 is 5.76 Å². The van der Waals surface area contributed by atoms with Crippen molar-refractivity contribution >= 4 is 55.5 Å². The number of likely N-dealkylation sites (tertiary alicyclic amines) is 1. The molecule has 28 heteroatoms. The Kier molecular flexibility index (Phi) is 40.4. The second kappa shape index (κ2) is 49.5. The Hall–Kier alpha value is -10.9. The molecule has 3 fully saturated rings. The van der Waals surface area contributed by atoms with E-state index >= 15 is 0 Å². The Bertz CT molecular complexity index is 4920. The van der Waals surface area contributed by atoms with Crippen molar-refractivity contribution in [2.24, 2.45) is 11.1 Å². The van der Waals surface area contributed by atoms with Crippen molar-refractivity contribution < 1.29 is 74.2 Å². The number of carbonyl (C=O) groups excluding carboxylic acids is 6. The summed E-state index contributed by atoms with van der Waals surface area (Å²) in [6.45, 7) is 27.3. The molecule has 6 amide bonds. The summed E-state index contributed by atoms with van der Waals surface area (Å²) in [6, 6.07) is 54.8. The summed E-state index contributed by atoms with van der Waals surface area (Å²) in [5.74, 6) is -0.459. The van der Waals surface area contributed by atoms with Gasteiger partial charge in [0, 0.05) is 87.2 Å². The lowest BCUT2D eigenvalue weighted by atomic mass is 10.1. The van der Waals surface area contributed by atoms with E-state index in [1.807, 2.05) is 152 Å². The number of nitrogens with one attached hydrogen (secondary N) is 3. The third-order valence-electron chi connectivity index (χ3n) is 19.6. The fourth-order valence-electron chi connectivity index (χ4n) is 12.0. The summed E-state index contributed by atoms with van der Waals surface area (Å²) in [4.78, 5) is 91.0. The maximum atomic E-state index is 12.5. The minimum absolute atomic E-state index is 0.00468. The number of sulfonamides is 2. The van der Waals surface area contributed by atoms with Gasteiger partial charge in [0.25, 0.3) is 45.5 Å². The molecule has 3 saturated heterocycles. The van der Waals surface area contributed by atoms with Gasteiger partial charge in [-0.25, -0.2) is 35.9 Å². The van der Waals surface area contributed by atoms with Crippen LogP contribution in [0.4, 0.5) is 4.39 Å². The number of carbonyl (C=O) groups is 6. The lowest BCUT2D eigenvalue weighted by Gasteiger charge is -2.27. The van der Waals surface area contributed by atoms with Crippen LogP contribution < -0.4 is 20.9 Å². The number of aromatic amines is 1. The van der Waals surface area contributed by atoms with Crippen LogP contribution in [0.2, 0.25) is 0 Å². The topological polar surface area (TPSA) is 352 Å². The number of aromatic nitrogens is 2. The number of ether oxygens (including phenoxy) is 2. The Labute approximate surface area is 699 Å². The number of rotatable bonds is 19. The zero-order valence-electron chi connectivity index (χ0n) is 70.1. The number of halogens is 1. The maximum Gasteiger partial charge on any atom is 0.439 e. The average Bonchev–Trinajstić information content (AvgIpc) is 1.67. The predicted octanol–water partition coefficient (Wildman–Crippen LogP) is 12.2. The largest absolute Gasteiger partial charge is 0.439 e. The number of likely N-dealkylation sites (N-methyl/N-ethyl adjacent to an activating group) is 1. The molecule has 5 heterocycles. The van der Waals surface area contributed by atoms with Gasteiger partial charge in [0.15, 0.2) is 5.82 Å². The van der Waals surface area contributed by atoms with Crippen molar-refractivity contribution in [3.63, 3.8) is 0 Å². The van der Waals surface area contributed by atoms with Gasteiger partial charge in [0.1, 0.15) is 10.7 Å². The molecule has 4 aliphatic rings. The SMILES string of the molecule is CCc1ccc(-c2noc(=O)[nH]2)cc1.CCc1ccc(C(=O)N(C)CCO)cc1.CCc1ccc(C(=O)N2CCC(O)C2)cc1.CCc1ccc(C(=O)N2CCOCC2)cc1.CCc1ccc(C(=O)NCC(C)C)cc1.CCc1ccc(F)cc1.CCc1ccc(S(N)(=O)=O)c(C(=O)N2CCOCC2)c1.CCc1ccc2c(c1)C(=O)NS2(=O)=O. The summed E-state index contributed by atoms with van der Waals surface area (Å²) >= 11 is 0. The molecular weight excluding hydrogens is 1560 g/mol. The zero-order chi connectivity index (χ0) is 87.2. The molecule has 1 aromatic heterocycles. The van der Waals surface area contributed by atoms with Gasteiger partial charge in [0.2, 0.25) is 10.0 Å². The first kappa shape index (κ1) is 97.0. The molecule has 640 valence electrons. The molecule has 0 radical (unpaired) electrons. The number of primary sulfonamides is 1. The van der Waals surface area contributed by atoms with Gasteiger partial charge in [-0.3, -0.25) is 38.3 Å². The smallest absolute Gasteiger partial charge is 0.395 e. The third-order valence-corrected chi connectivity index (χ3v) is 21.9. The fraction of sp³-hybridized carbons (Fsp3) is 0.385. The van der Waals surface area contributed by atoms with Crippen LogP contribution in [-0.2, 0) is 80.9 Å². The van der Waals surface area contributed by atoms with Crippen LogP contribution in [0, 0.1) is 11.7 Å². The molecule has 25 nitrogen and oxygen atoms in total. The Morgan fingerprint density at radius 1 is 0.563 bits per heavy atom. The number of H-pyrrole nitrogens is 1. The van der Waals surface area contributed by atoms with Gasteiger partial charge in [-0.05, 0) is 193 Å². The van der Waals surface area contributed by atoms with Crippen LogP contribution in [0.25, 0.3) is 11.4 Å². The normalized spacial score (nSPS) is 14.2. The molecule has 7 N–H and O–H groups in total. The zero-order valence-corrected chi connectivity index (χ0v) is 71.8. The molecule has 13 rings (SSSR count). The summed E-state index contributed by atoms with van der Waals surface area (Å²) in [6.07, 6.45) is 7.78. The van der Waals surface area contributed by atoms with E-state index in [0.717, 1.165) is 79.3 Å². The summed E-state index contributed by atoms with van der Waals surface area (Å²) in [5.41, 5.74) is 13.4. The maximum absolute atomic E-state index is 12.5. The number of amides is 6. The monoisotopic (exact) mass is 1670 g/mol. The molecule has 4 aliphatic heterocycles. The van der Waals surface area contributed by atoms with E-state index in [1.165, 1.54) is 62.5 Å². The van der Waals surface area contributed by atoms with Crippen LogP contribution in [0.3, 0.4) is 0 Å². The number of aryl methyl sites for hydroxylation is 8. The number of aliphatic hydroxyl groups excluding tert-OH is 2. The van der Waals surface area contributed by atoms with E-state index in [0.29, 0.717) is 108 Å². The Balaban J connectivity index is 0.000000212. The van der Waals surface area contributed by atoms with Crippen molar-refractivity contribution in [1.29, 1.82) is 0 Å². The summed E-state index contributed by atoms with van der Waals surface area (Å²) in [7, 11) is -5.81. The minimum Gasteiger partial charge on any atom is -0.395 e.